The van der Waals surface area contributed by atoms with E-state index in [0.29, 0.717) is 56.3 Å². The number of benzene rings is 4. The fourth-order valence-corrected chi connectivity index (χ4v) is 6.71. The Morgan fingerprint density at radius 1 is 0.830 bits per heavy atom. The minimum Gasteiger partial charge on any atom is -0.497 e. The highest BCUT2D eigenvalue weighted by Gasteiger charge is 2.32. The highest BCUT2D eigenvalue weighted by Crippen LogP contribution is 2.26. The summed E-state index contributed by atoms with van der Waals surface area (Å²) in [6, 6.07) is 31.4. The van der Waals surface area contributed by atoms with Gasteiger partial charge in [0.15, 0.2) is 6.61 Å². The number of hydrogen-bond donors (Lipinski definition) is 1. The lowest BCUT2D eigenvalue weighted by molar-refractivity contribution is -0.143. The molecule has 47 heavy (non-hydrogen) atoms. The average Bonchev–Trinajstić information content (AvgIpc) is 3.12. The van der Waals surface area contributed by atoms with Gasteiger partial charge in [0.25, 0.3) is 5.91 Å². The number of rotatable bonds is 14. The lowest BCUT2D eigenvalue weighted by Crippen LogP contribution is -2.45. The second-order valence-corrected chi connectivity index (χ2v) is 12.9. The fraction of sp³-hybridized carbons (Fsp3) is 0.278. The molecule has 0 unspecified atom stereocenters. The number of amides is 2. The van der Waals surface area contributed by atoms with Crippen molar-refractivity contribution < 1.29 is 32.2 Å². The first-order chi connectivity index (χ1) is 22.8. The van der Waals surface area contributed by atoms with Gasteiger partial charge in [0.1, 0.15) is 17.5 Å². The summed E-state index contributed by atoms with van der Waals surface area (Å²) in [6.07, 6.45) is 0.640. The van der Waals surface area contributed by atoms with Crippen LogP contribution in [0.4, 0.5) is 0 Å². The molecule has 1 atom stereocenters. The zero-order chi connectivity index (χ0) is 33.1. The van der Waals surface area contributed by atoms with Crippen LogP contribution in [0.1, 0.15) is 22.7 Å². The van der Waals surface area contributed by atoms with Gasteiger partial charge in [-0.1, -0.05) is 72.8 Å². The summed E-state index contributed by atoms with van der Waals surface area (Å²) in [5.74, 6) is 0.268. The predicted molar refractivity (Wildman–Crippen MR) is 177 cm³/mol. The maximum atomic E-state index is 14.0. The van der Waals surface area contributed by atoms with Crippen LogP contribution in [0.25, 0.3) is 0 Å². The van der Waals surface area contributed by atoms with Crippen molar-refractivity contribution in [2.24, 2.45) is 0 Å². The Hall–Kier alpha value is -4.71. The van der Waals surface area contributed by atoms with E-state index in [4.69, 9.17) is 14.2 Å². The molecule has 5 rings (SSSR count). The molecule has 0 saturated carbocycles. The Morgan fingerprint density at radius 2 is 1.45 bits per heavy atom. The Balaban J connectivity index is 1.35. The van der Waals surface area contributed by atoms with E-state index in [0.717, 1.165) is 11.1 Å². The summed E-state index contributed by atoms with van der Waals surface area (Å²) in [4.78, 5) is 29.5. The third-order valence-corrected chi connectivity index (χ3v) is 9.77. The van der Waals surface area contributed by atoms with Gasteiger partial charge in [-0.25, -0.2) is 8.42 Å². The number of methoxy groups -OCH3 is 1. The van der Waals surface area contributed by atoms with Gasteiger partial charge in [0, 0.05) is 26.2 Å². The first-order valence-electron chi connectivity index (χ1n) is 15.4. The summed E-state index contributed by atoms with van der Waals surface area (Å²) < 4.78 is 43.9. The number of ether oxygens (including phenoxy) is 3. The molecule has 0 aromatic heterocycles. The van der Waals surface area contributed by atoms with Gasteiger partial charge in [-0.3, -0.25) is 9.59 Å². The molecule has 1 saturated heterocycles. The third-order valence-electron chi connectivity index (χ3n) is 7.86. The quantitative estimate of drug-likeness (QED) is 0.216. The van der Waals surface area contributed by atoms with Crippen LogP contribution in [0.5, 0.6) is 11.5 Å². The normalized spacial score (nSPS) is 14.1. The molecule has 246 valence electrons. The van der Waals surface area contributed by atoms with Crippen LogP contribution in [-0.2, 0) is 37.3 Å². The highest BCUT2D eigenvalue weighted by atomic mass is 32.2. The fourth-order valence-electron chi connectivity index (χ4n) is 5.30. The van der Waals surface area contributed by atoms with Crippen LogP contribution in [-0.4, -0.2) is 76.0 Å². The Bertz CT molecular complexity index is 1700. The van der Waals surface area contributed by atoms with E-state index in [1.165, 1.54) is 33.5 Å². The summed E-state index contributed by atoms with van der Waals surface area (Å²) in [5.41, 5.74) is 2.55. The molecule has 1 fully saturated rings. The van der Waals surface area contributed by atoms with E-state index in [-0.39, 0.29) is 24.0 Å². The van der Waals surface area contributed by atoms with Crippen LogP contribution in [0.3, 0.4) is 0 Å². The Kier molecular flexibility index (Phi) is 11.6. The zero-order valence-corrected chi connectivity index (χ0v) is 27.1. The van der Waals surface area contributed by atoms with Crippen molar-refractivity contribution in [3.8, 4) is 11.5 Å². The van der Waals surface area contributed by atoms with E-state index in [1.54, 1.807) is 19.2 Å². The topological polar surface area (TPSA) is 114 Å². The van der Waals surface area contributed by atoms with Gasteiger partial charge in [0.05, 0.1) is 25.2 Å². The van der Waals surface area contributed by atoms with Gasteiger partial charge < -0.3 is 24.4 Å². The van der Waals surface area contributed by atoms with Crippen molar-refractivity contribution in [1.29, 1.82) is 0 Å². The molecule has 1 heterocycles. The second kappa shape index (κ2) is 16.2. The largest absolute Gasteiger partial charge is 0.497 e. The van der Waals surface area contributed by atoms with E-state index < -0.39 is 22.0 Å². The first kappa shape index (κ1) is 33.6. The zero-order valence-electron chi connectivity index (χ0n) is 26.3. The van der Waals surface area contributed by atoms with E-state index >= 15 is 0 Å². The maximum Gasteiger partial charge on any atom is 0.261 e. The van der Waals surface area contributed by atoms with Gasteiger partial charge in [-0.2, -0.15) is 4.31 Å². The summed E-state index contributed by atoms with van der Waals surface area (Å²) in [6.45, 7) is 1.45. The number of nitrogens with one attached hydrogen (secondary N) is 1. The molecule has 11 heteroatoms. The van der Waals surface area contributed by atoms with Crippen molar-refractivity contribution in [3.05, 3.63) is 126 Å². The molecule has 0 aliphatic carbocycles. The Morgan fingerprint density at radius 3 is 2.09 bits per heavy atom. The summed E-state index contributed by atoms with van der Waals surface area (Å²) in [7, 11) is -2.09. The lowest BCUT2D eigenvalue weighted by Gasteiger charge is -2.31. The van der Waals surface area contributed by atoms with Gasteiger partial charge in [-0.05, 0) is 59.5 Å². The van der Waals surface area contributed by atoms with Gasteiger partial charge >= 0.3 is 0 Å². The summed E-state index contributed by atoms with van der Waals surface area (Å²) >= 11 is 0. The van der Waals surface area contributed by atoms with Crippen molar-refractivity contribution in [1.82, 2.24) is 14.5 Å². The molecule has 1 N–H and O–H groups in total. The van der Waals surface area contributed by atoms with E-state index in [9.17, 15) is 18.0 Å². The molecule has 0 bridgehead atoms. The van der Waals surface area contributed by atoms with Crippen LogP contribution in [0.15, 0.2) is 114 Å². The standard InChI is InChI=1S/C36H39N3O7S/c1-44-31-14-12-29(13-15-31)26-39(35(30-10-6-3-7-11-30)36(41)37-21-20-28-8-4-2-5-9-28)34(40)27-46-32-16-18-33(19-17-32)47(42,43)38-22-24-45-25-23-38/h2-19,35H,20-27H2,1H3,(H,37,41)/t35-/m0/s1. The molecule has 4 aromatic rings. The smallest absolute Gasteiger partial charge is 0.261 e. The number of hydrogen-bond acceptors (Lipinski definition) is 7. The predicted octanol–water partition coefficient (Wildman–Crippen LogP) is 4.22. The Labute approximate surface area is 275 Å². The van der Waals surface area contributed by atoms with Gasteiger partial charge in [0.2, 0.25) is 15.9 Å². The van der Waals surface area contributed by atoms with Crippen LogP contribution in [0, 0.1) is 0 Å². The second-order valence-electron chi connectivity index (χ2n) is 11.0. The molecular formula is C36H39N3O7S. The number of nitrogens with zero attached hydrogens (tertiary/aromatic N) is 2. The maximum absolute atomic E-state index is 14.0. The first-order valence-corrected chi connectivity index (χ1v) is 16.9. The number of sulfonamides is 1. The highest BCUT2D eigenvalue weighted by molar-refractivity contribution is 7.89. The molecule has 1 aliphatic heterocycles. The SMILES string of the molecule is COc1ccc(CN(C(=O)COc2ccc(S(=O)(=O)N3CCOCC3)cc2)[C@H](C(=O)NCCc2ccccc2)c2ccccc2)cc1. The van der Waals surface area contributed by atoms with Crippen LogP contribution in [0.2, 0.25) is 0 Å². The molecule has 0 radical (unpaired) electrons. The minimum absolute atomic E-state index is 0.134. The summed E-state index contributed by atoms with van der Waals surface area (Å²) in [5, 5.41) is 3.03. The average molecular weight is 658 g/mol. The van der Waals surface area contributed by atoms with Crippen molar-refractivity contribution in [2.75, 3.05) is 46.6 Å². The molecule has 4 aromatic carbocycles. The molecular weight excluding hydrogens is 618 g/mol. The van der Waals surface area contributed by atoms with Crippen LogP contribution < -0.4 is 14.8 Å². The van der Waals surface area contributed by atoms with Crippen molar-refractivity contribution in [3.63, 3.8) is 0 Å². The molecule has 2 amide bonds. The number of carbonyl (C=O) groups excluding carboxylic acids is 2. The monoisotopic (exact) mass is 657 g/mol. The van der Waals surface area contributed by atoms with Gasteiger partial charge in [-0.15, -0.1) is 0 Å². The van der Waals surface area contributed by atoms with Crippen molar-refractivity contribution >= 4 is 21.8 Å². The minimum atomic E-state index is -3.67. The number of morpholine rings is 1. The van der Waals surface area contributed by atoms with E-state index in [2.05, 4.69) is 5.32 Å². The lowest BCUT2D eigenvalue weighted by atomic mass is 10.0. The molecule has 1 aliphatic rings. The van der Waals surface area contributed by atoms with Crippen LogP contribution >= 0.6 is 0 Å². The third kappa shape index (κ3) is 8.97. The van der Waals surface area contributed by atoms with Crippen molar-refractivity contribution in [2.45, 2.75) is 23.9 Å². The number of carbonyl (C=O) groups is 2. The molecule has 0 spiro atoms. The molecule has 10 nitrogen and oxygen atoms in total. The van der Waals surface area contributed by atoms with E-state index in [1.807, 2.05) is 72.8 Å².